The second-order valence-corrected chi connectivity index (χ2v) is 3.59. The highest BCUT2D eigenvalue weighted by molar-refractivity contribution is 9.10. The van der Waals surface area contributed by atoms with Crippen LogP contribution in [-0.4, -0.2) is 6.61 Å². The van der Waals surface area contributed by atoms with Crippen LogP contribution in [0.2, 0.25) is 0 Å². The number of terminal acetylenes is 1. The number of ether oxygens (including phenoxy) is 1. The lowest BCUT2D eigenvalue weighted by Crippen LogP contribution is -2.03. The fourth-order valence-corrected chi connectivity index (χ4v) is 1.61. The maximum absolute atomic E-state index is 5.58. The van der Waals surface area contributed by atoms with E-state index < -0.39 is 0 Å². The molecular formula is C11H12BrNO. The van der Waals surface area contributed by atoms with Crippen molar-refractivity contribution >= 4 is 15.9 Å². The predicted molar refractivity (Wildman–Crippen MR) is 61.0 cm³/mol. The first kappa shape index (κ1) is 11.1. The smallest absolute Gasteiger partial charge is 0.137 e. The van der Waals surface area contributed by atoms with Crippen molar-refractivity contribution in [2.75, 3.05) is 6.61 Å². The summed E-state index contributed by atoms with van der Waals surface area (Å²) in [5.74, 6) is 3.32. The van der Waals surface area contributed by atoms with E-state index in [0.717, 1.165) is 15.8 Å². The van der Waals surface area contributed by atoms with Crippen LogP contribution in [0.25, 0.3) is 0 Å². The standard InChI is InChI=1S/C11H12BrNO/c1-2-3-7-14-11-9(8-13)5-4-6-10(11)12/h1,4-6H,3,7-8,13H2. The third kappa shape index (κ3) is 2.76. The first-order chi connectivity index (χ1) is 6.79. The minimum absolute atomic E-state index is 0.463. The van der Waals surface area contributed by atoms with Crippen molar-refractivity contribution in [3.8, 4) is 18.1 Å². The number of hydrogen-bond acceptors (Lipinski definition) is 2. The second-order valence-electron chi connectivity index (χ2n) is 2.73. The number of para-hydroxylation sites is 1. The van der Waals surface area contributed by atoms with Crippen molar-refractivity contribution in [2.45, 2.75) is 13.0 Å². The molecule has 0 aliphatic rings. The summed E-state index contributed by atoms with van der Waals surface area (Å²) in [6.45, 7) is 0.983. The van der Waals surface area contributed by atoms with Crippen molar-refractivity contribution in [3.05, 3.63) is 28.2 Å². The summed E-state index contributed by atoms with van der Waals surface area (Å²) in [7, 11) is 0. The topological polar surface area (TPSA) is 35.2 Å². The fourth-order valence-electron chi connectivity index (χ4n) is 1.09. The number of halogens is 1. The molecule has 0 unspecified atom stereocenters. The number of benzene rings is 1. The Morgan fingerprint density at radius 2 is 2.29 bits per heavy atom. The van der Waals surface area contributed by atoms with Gasteiger partial charge in [0.1, 0.15) is 5.75 Å². The molecule has 0 saturated carbocycles. The van der Waals surface area contributed by atoms with Crippen molar-refractivity contribution < 1.29 is 4.74 Å². The van der Waals surface area contributed by atoms with E-state index in [9.17, 15) is 0 Å². The third-order valence-corrected chi connectivity index (χ3v) is 2.39. The maximum atomic E-state index is 5.58. The van der Waals surface area contributed by atoms with Gasteiger partial charge in [0.15, 0.2) is 0 Å². The van der Waals surface area contributed by atoms with Crippen LogP contribution in [0, 0.1) is 12.3 Å². The molecule has 0 bridgehead atoms. The quantitative estimate of drug-likeness (QED) is 0.661. The molecule has 74 valence electrons. The molecule has 0 amide bonds. The van der Waals surface area contributed by atoms with Crippen LogP contribution in [-0.2, 0) is 6.54 Å². The molecule has 0 aromatic heterocycles. The van der Waals surface area contributed by atoms with Gasteiger partial charge >= 0.3 is 0 Å². The van der Waals surface area contributed by atoms with Gasteiger partial charge in [0.2, 0.25) is 0 Å². The SMILES string of the molecule is C#CCCOc1c(Br)cccc1CN. The van der Waals surface area contributed by atoms with Gasteiger partial charge in [0.05, 0.1) is 11.1 Å². The zero-order chi connectivity index (χ0) is 10.4. The van der Waals surface area contributed by atoms with Gasteiger partial charge in [0.25, 0.3) is 0 Å². The van der Waals surface area contributed by atoms with Crippen molar-refractivity contribution in [1.29, 1.82) is 0 Å². The summed E-state index contributed by atoms with van der Waals surface area (Å²) in [5, 5.41) is 0. The van der Waals surface area contributed by atoms with Gasteiger partial charge in [-0.25, -0.2) is 0 Å². The van der Waals surface area contributed by atoms with Crippen LogP contribution >= 0.6 is 15.9 Å². The van der Waals surface area contributed by atoms with E-state index >= 15 is 0 Å². The molecule has 1 aromatic rings. The molecule has 2 nitrogen and oxygen atoms in total. The Morgan fingerprint density at radius 1 is 1.50 bits per heavy atom. The first-order valence-electron chi connectivity index (χ1n) is 4.33. The van der Waals surface area contributed by atoms with Gasteiger partial charge < -0.3 is 10.5 Å². The molecular weight excluding hydrogens is 242 g/mol. The molecule has 0 saturated heterocycles. The largest absolute Gasteiger partial charge is 0.491 e. The Balaban J connectivity index is 2.78. The monoisotopic (exact) mass is 253 g/mol. The van der Waals surface area contributed by atoms with Crippen LogP contribution in [0.5, 0.6) is 5.75 Å². The van der Waals surface area contributed by atoms with Gasteiger partial charge in [-0.2, -0.15) is 0 Å². The Hall–Kier alpha value is -0.980. The van der Waals surface area contributed by atoms with Gasteiger partial charge in [-0.15, -0.1) is 12.3 Å². The minimum atomic E-state index is 0.463. The van der Waals surface area contributed by atoms with Gasteiger partial charge in [-0.05, 0) is 22.0 Å². The number of hydrogen-bond donors (Lipinski definition) is 1. The summed E-state index contributed by atoms with van der Waals surface area (Å²) in [5.41, 5.74) is 6.57. The minimum Gasteiger partial charge on any atom is -0.491 e. The summed E-state index contributed by atoms with van der Waals surface area (Å²) in [6.07, 6.45) is 5.74. The Kier molecular flexibility index (Phi) is 4.51. The predicted octanol–water partition coefficient (Wildman–Crippen LogP) is 2.31. The maximum Gasteiger partial charge on any atom is 0.137 e. The summed E-state index contributed by atoms with van der Waals surface area (Å²) < 4.78 is 6.44. The lowest BCUT2D eigenvalue weighted by Gasteiger charge is -2.10. The van der Waals surface area contributed by atoms with Crippen LogP contribution in [0.3, 0.4) is 0 Å². The van der Waals surface area contributed by atoms with Crippen molar-refractivity contribution in [2.24, 2.45) is 5.73 Å². The molecule has 3 heteroatoms. The lowest BCUT2D eigenvalue weighted by atomic mass is 10.2. The highest BCUT2D eigenvalue weighted by atomic mass is 79.9. The van der Waals surface area contributed by atoms with Crippen LogP contribution in [0.4, 0.5) is 0 Å². The molecule has 0 aliphatic heterocycles. The Labute approximate surface area is 92.6 Å². The molecule has 1 aromatic carbocycles. The molecule has 0 atom stereocenters. The van der Waals surface area contributed by atoms with Crippen LogP contribution in [0.1, 0.15) is 12.0 Å². The molecule has 0 fully saturated rings. The zero-order valence-electron chi connectivity index (χ0n) is 7.79. The van der Waals surface area contributed by atoms with E-state index in [1.807, 2.05) is 18.2 Å². The van der Waals surface area contributed by atoms with E-state index in [0.29, 0.717) is 19.6 Å². The summed E-state index contributed by atoms with van der Waals surface area (Å²) in [6, 6.07) is 5.79. The van der Waals surface area contributed by atoms with E-state index in [4.69, 9.17) is 16.9 Å². The fraction of sp³-hybridized carbons (Fsp3) is 0.273. The highest BCUT2D eigenvalue weighted by Crippen LogP contribution is 2.28. The summed E-state index contributed by atoms with van der Waals surface area (Å²) in [4.78, 5) is 0. The zero-order valence-corrected chi connectivity index (χ0v) is 9.38. The molecule has 0 aliphatic carbocycles. The van der Waals surface area contributed by atoms with E-state index in [2.05, 4.69) is 21.9 Å². The van der Waals surface area contributed by atoms with Crippen molar-refractivity contribution in [3.63, 3.8) is 0 Å². The number of rotatable bonds is 4. The molecule has 0 radical (unpaired) electrons. The normalized spacial score (nSPS) is 9.50. The van der Waals surface area contributed by atoms with E-state index in [-0.39, 0.29) is 0 Å². The molecule has 14 heavy (non-hydrogen) atoms. The van der Waals surface area contributed by atoms with Crippen molar-refractivity contribution in [1.82, 2.24) is 0 Å². The second kappa shape index (κ2) is 5.69. The number of nitrogens with two attached hydrogens (primary N) is 1. The molecule has 1 rings (SSSR count). The molecule has 0 spiro atoms. The Bertz CT molecular complexity index is 344. The van der Waals surface area contributed by atoms with Gasteiger partial charge in [-0.3, -0.25) is 0 Å². The van der Waals surface area contributed by atoms with Crippen LogP contribution in [0.15, 0.2) is 22.7 Å². The molecule has 2 N–H and O–H groups in total. The first-order valence-corrected chi connectivity index (χ1v) is 5.12. The van der Waals surface area contributed by atoms with E-state index in [1.165, 1.54) is 0 Å². The third-order valence-electron chi connectivity index (χ3n) is 1.76. The average Bonchev–Trinajstić information content (AvgIpc) is 2.20. The summed E-state index contributed by atoms with van der Waals surface area (Å²) >= 11 is 3.41. The van der Waals surface area contributed by atoms with Gasteiger partial charge in [-0.1, -0.05) is 12.1 Å². The van der Waals surface area contributed by atoms with Gasteiger partial charge in [0, 0.05) is 18.5 Å². The highest BCUT2D eigenvalue weighted by Gasteiger charge is 2.05. The molecule has 0 heterocycles. The van der Waals surface area contributed by atoms with E-state index in [1.54, 1.807) is 0 Å². The average molecular weight is 254 g/mol. The van der Waals surface area contributed by atoms with Crippen LogP contribution < -0.4 is 10.5 Å². The Morgan fingerprint density at radius 3 is 2.93 bits per heavy atom. The lowest BCUT2D eigenvalue weighted by molar-refractivity contribution is 0.322.